The van der Waals surface area contributed by atoms with Crippen LogP contribution in [-0.4, -0.2) is 66.0 Å². The van der Waals surface area contributed by atoms with E-state index < -0.39 is 23.8 Å². The van der Waals surface area contributed by atoms with Gasteiger partial charge in [0.25, 0.3) is 0 Å². The molecule has 2 unspecified atom stereocenters. The smallest absolute Gasteiger partial charge is 0.410 e. The van der Waals surface area contributed by atoms with Crippen molar-refractivity contribution in [1.29, 1.82) is 0 Å². The normalized spacial score (nSPS) is 23.3. The molecule has 2 aliphatic heterocycles. The van der Waals surface area contributed by atoms with Crippen molar-refractivity contribution in [3.63, 3.8) is 0 Å². The summed E-state index contributed by atoms with van der Waals surface area (Å²) in [5.41, 5.74) is 0.220. The van der Waals surface area contributed by atoms with E-state index in [1.54, 1.807) is 20.8 Å². The van der Waals surface area contributed by atoms with Crippen molar-refractivity contribution < 1.29 is 28.7 Å². The quantitative estimate of drug-likeness (QED) is 0.525. The van der Waals surface area contributed by atoms with Gasteiger partial charge in [0.1, 0.15) is 18.2 Å². The number of nitrogens with one attached hydrogen (secondary N) is 2. The van der Waals surface area contributed by atoms with E-state index in [9.17, 15) is 19.2 Å². The van der Waals surface area contributed by atoms with Crippen molar-refractivity contribution in [1.82, 2.24) is 15.5 Å². The standard InChI is InChI=1S/C28H39N3O6/c1-27(2,3)37-26(35)31-18-28(11-12-28)15-22(31)25(34)30-21(14-20-10-7-13-29-24(20)33)23(32)17-36-16-19-8-5-4-6-9-19/h4-6,8-9,20-22H,7,10-18H2,1-3H3,(H,29,33)(H,30,34)/t20?,21?,22-/m0/s1. The van der Waals surface area contributed by atoms with Gasteiger partial charge < -0.3 is 20.1 Å². The van der Waals surface area contributed by atoms with Gasteiger partial charge in [0.2, 0.25) is 11.8 Å². The van der Waals surface area contributed by atoms with Gasteiger partial charge in [-0.2, -0.15) is 0 Å². The van der Waals surface area contributed by atoms with Gasteiger partial charge in [0.05, 0.1) is 12.6 Å². The van der Waals surface area contributed by atoms with Crippen LogP contribution < -0.4 is 10.6 Å². The van der Waals surface area contributed by atoms with Crippen LogP contribution in [0.15, 0.2) is 30.3 Å². The van der Waals surface area contributed by atoms with Crippen molar-refractivity contribution in [3.05, 3.63) is 35.9 Å². The number of ether oxygens (including phenoxy) is 2. The van der Waals surface area contributed by atoms with Crippen LogP contribution in [0, 0.1) is 11.3 Å². The number of likely N-dealkylation sites (tertiary alicyclic amines) is 1. The third-order valence-corrected chi connectivity index (χ3v) is 7.38. The highest BCUT2D eigenvalue weighted by Crippen LogP contribution is 2.55. The predicted molar refractivity (Wildman–Crippen MR) is 136 cm³/mol. The number of benzene rings is 1. The number of ketones is 1. The van der Waals surface area contributed by atoms with Gasteiger partial charge in [-0.05, 0) is 70.3 Å². The summed E-state index contributed by atoms with van der Waals surface area (Å²) in [7, 11) is 0. The Morgan fingerprint density at radius 3 is 2.57 bits per heavy atom. The molecule has 3 fully saturated rings. The van der Waals surface area contributed by atoms with Crippen molar-refractivity contribution in [2.24, 2.45) is 11.3 Å². The largest absolute Gasteiger partial charge is 0.444 e. The van der Waals surface area contributed by atoms with Crippen molar-refractivity contribution in [2.75, 3.05) is 19.7 Å². The minimum Gasteiger partial charge on any atom is -0.444 e. The number of carbonyl (C=O) groups excluding carboxylic acids is 4. The van der Waals surface area contributed by atoms with Crippen LogP contribution in [0.1, 0.15) is 64.9 Å². The molecule has 4 rings (SSSR count). The summed E-state index contributed by atoms with van der Waals surface area (Å²) < 4.78 is 11.2. The first-order valence-corrected chi connectivity index (χ1v) is 13.3. The maximum absolute atomic E-state index is 13.5. The average Bonchev–Trinajstić information content (AvgIpc) is 3.48. The lowest BCUT2D eigenvalue weighted by molar-refractivity contribution is -0.134. The Kier molecular flexibility index (Phi) is 8.21. The molecule has 0 aromatic heterocycles. The molecule has 3 atom stereocenters. The molecule has 2 saturated heterocycles. The molecule has 9 heteroatoms. The summed E-state index contributed by atoms with van der Waals surface area (Å²) in [4.78, 5) is 53.6. The molecule has 1 aliphatic carbocycles. The number of hydrogen-bond acceptors (Lipinski definition) is 6. The zero-order valence-electron chi connectivity index (χ0n) is 22.1. The van der Waals surface area contributed by atoms with E-state index in [0.29, 0.717) is 25.9 Å². The number of hydrogen-bond donors (Lipinski definition) is 2. The van der Waals surface area contributed by atoms with E-state index in [1.165, 1.54) is 4.90 Å². The number of rotatable bonds is 9. The minimum atomic E-state index is -0.881. The summed E-state index contributed by atoms with van der Waals surface area (Å²) in [5.74, 6) is -1.13. The molecule has 0 radical (unpaired) electrons. The molecule has 1 aromatic carbocycles. The SMILES string of the molecule is CC(C)(C)OC(=O)N1CC2(CC2)C[C@H]1C(=O)NC(CC1CCCNC1=O)C(=O)COCc1ccccc1. The van der Waals surface area contributed by atoms with E-state index in [2.05, 4.69) is 10.6 Å². The van der Waals surface area contributed by atoms with Crippen LogP contribution in [0.5, 0.6) is 0 Å². The van der Waals surface area contributed by atoms with Gasteiger partial charge in [-0.15, -0.1) is 0 Å². The Labute approximate surface area is 218 Å². The van der Waals surface area contributed by atoms with E-state index in [0.717, 1.165) is 24.8 Å². The lowest BCUT2D eigenvalue weighted by Crippen LogP contribution is -2.53. The van der Waals surface area contributed by atoms with Gasteiger partial charge >= 0.3 is 6.09 Å². The molecule has 1 saturated carbocycles. The second-order valence-corrected chi connectivity index (χ2v) is 11.7. The first kappa shape index (κ1) is 27.1. The topological polar surface area (TPSA) is 114 Å². The van der Waals surface area contributed by atoms with Crippen LogP contribution in [0.4, 0.5) is 4.79 Å². The third-order valence-electron chi connectivity index (χ3n) is 7.38. The highest BCUT2D eigenvalue weighted by molar-refractivity contribution is 5.93. The fourth-order valence-electron chi connectivity index (χ4n) is 5.17. The summed E-state index contributed by atoms with van der Waals surface area (Å²) in [6.07, 6.45) is 3.66. The minimum absolute atomic E-state index is 0.0412. The van der Waals surface area contributed by atoms with E-state index >= 15 is 0 Å². The maximum Gasteiger partial charge on any atom is 0.410 e. The average molecular weight is 514 g/mol. The molecule has 1 aromatic rings. The molecule has 2 heterocycles. The number of Topliss-reactive ketones (excluding diaryl/α,β-unsaturated/α-hetero) is 1. The van der Waals surface area contributed by atoms with Crippen molar-refractivity contribution in [3.8, 4) is 0 Å². The Balaban J connectivity index is 1.44. The van der Waals surface area contributed by atoms with Crippen LogP contribution in [0.25, 0.3) is 0 Å². The van der Waals surface area contributed by atoms with Gasteiger partial charge in [0.15, 0.2) is 5.78 Å². The zero-order valence-corrected chi connectivity index (χ0v) is 22.1. The number of carbonyl (C=O) groups is 4. The second-order valence-electron chi connectivity index (χ2n) is 11.7. The first-order valence-electron chi connectivity index (χ1n) is 13.3. The lowest BCUT2D eigenvalue weighted by atomic mass is 9.90. The summed E-state index contributed by atoms with van der Waals surface area (Å²) in [5, 5.41) is 5.74. The number of nitrogens with zero attached hydrogens (tertiary/aromatic N) is 1. The van der Waals surface area contributed by atoms with Gasteiger partial charge in [-0.25, -0.2) is 4.79 Å². The first-order chi connectivity index (χ1) is 17.6. The molecule has 2 N–H and O–H groups in total. The van der Waals surface area contributed by atoms with Crippen LogP contribution in [0.2, 0.25) is 0 Å². The number of piperidine rings is 1. The Hall–Kier alpha value is -2.94. The molecular weight excluding hydrogens is 474 g/mol. The fourth-order valence-corrected chi connectivity index (χ4v) is 5.17. The molecule has 3 aliphatic rings. The van der Waals surface area contributed by atoms with Gasteiger partial charge in [-0.3, -0.25) is 19.3 Å². The Morgan fingerprint density at radius 2 is 1.92 bits per heavy atom. The van der Waals surface area contributed by atoms with E-state index in [-0.39, 0.29) is 48.6 Å². The molecule has 37 heavy (non-hydrogen) atoms. The highest BCUT2D eigenvalue weighted by atomic mass is 16.6. The maximum atomic E-state index is 13.5. The monoisotopic (exact) mass is 513 g/mol. The van der Waals surface area contributed by atoms with E-state index in [4.69, 9.17) is 9.47 Å². The highest BCUT2D eigenvalue weighted by Gasteiger charge is 2.56. The van der Waals surface area contributed by atoms with Crippen LogP contribution >= 0.6 is 0 Å². The molecule has 202 valence electrons. The molecule has 3 amide bonds. The molecule has 9 nitrogen and oxygen atoms in total. The number of amides is 3. The fraction of sp³-hybridized carbons (Fsp3) is 0.643. The Bertz CT molecular complexity index is 1000. The van der Waals surface area contributed by atoms with Crippen LogP contribution in [0.3, 0.4) is 0 Å². The van der Waals surface area contributed by atoms with Crippen LogP contribution in [-0.2, 0) is 30.5 Å². The molecule has 0 bridgehead atoms. The molecule has 1 spiro atoms. The molecular formula is C28H39N3O6. The van der Waals surface area contributed by atoms with E-state index in [1.807, 2.05) is 30.3 Å². The zero-order chi connectivity index (χ0) is 26.6. The predicted octanol–water partition coefficient (Wildman–Crippen LogP) is 2.96. The van der Waals surface area contributed by atoms with Crippen molar-refractivity contribution in [2.45, 2.75) is 83.6 Å². The summed E-state index contributed by atoms with van der Waals surface area (Å²) >= 11 is 0. The summed E-state index contributed by atoms with van der Waals surface area (Å²) in [6, 6.07) is 7.94. The van der Waals surface area contributed by atoms with Gasteiger partial charge in [-0.1, -0.05) is 30.3 Å². The summed E-state index contributed by atoms with van der Waals surface area (Å²) in [6.45, 7) is 6.57. The second kappa shape index (κ2) is 11.2. The lowest BCUT2D eigenvalue weighted by Gasteiger charge is -2.30. The Morgan fingerprint density at radius 1 is 1.19 bits per heavy atom. The third kappa shape index (κ3) is 7.31. The van der Waals surface area contributed by atoms with Crippen molar-refractivity contribution >= 4 is 23.7 Å². The van der Waals surface area contributed by atoms with Gasteiger partial charge in [0, 0.05) is 19.0 Å².